The van der Waals surface area contributed by atoms with Crippen molar-refractivity contribution < 1.29 is 4.79 Å². The van der Waals surface area contributed by atoms with E-state index < -0.39 is 0 Å². The van der Waals surface area contributed by atoms with Crippen LogP contribution in [0.15, 0.2) is 18.7 Å². The molecule has 0 spiro atoms. The fourth-order valence-electron chi connectivity index (χ4n) is 4.27. The van der Waals surface area contributed by atoms with Gasteiger partial charge in [-0.25, -0.2) is 9.97 Å². The van der Waals surface area contributed by atoms with Gasteiger partial charge in [0.05, 0.1) is 19.1 Å². The van der Waals surface area contributed by atoms with Crippen molar-refractivity contribution >= 4 is 5.91 Å². The number of carbonyl (C=O) groups is 1. The summed E-state index contributed by atoms with van der Waals surface area (Å²) < 4.78 is 6.17. The summed E-state index contributed by atoms with van der Waals surface area (Å²) in [6, 6.07) is 0. The monoisotopic (exact) mass is 393 g/mol. The average molecular weight is 393 g/mol. The predicted octanol–water partition coefficient (Wildman–Crippen LogP) is 2.42. The first kappa shape index (κ1) is 18.1. The molecule has 29 heavy (non-hydrogen) atoms. The topological polar surface area (TPSA) is 73.8 Å². The lowest BCUT2D eigenvalue weighted by Crippen LogP contribution is -2.37. The van der Waals surface area contributed by atoms with E-state index in [0.29, 0.717) is 18.8 Å². The predicted molar refractivity (Wildman–Crippen MR) is 108 cm³/mol. The number of hydrogen-bond acceptors (Lipinski definition) is 4. The van der Waals surface area contributed by atoms with Gasteiger partial charge < -0.3 is 14.0 Å². The zero-order valence-corrected chi connectivity index (χ0v) is 17.3. The highest BCUT2D eigenvalue weighted by atomic mass is 16.2. The summed E-state index contributed by atoms with van der Waals surface area (Å²) in [6.07, 6.45) is 8.65. The molecular weight excluding hydrogens is 366 g/mol. The van der Waals surface area contributed by atoms with Crippen molar-refractivity contribution in [2.75, 3.05) is 6.54 Å². The van der Waals surface area contributed by atoms with Crippen LogP contribution in [0.5, 0.6) is 0 Å². The molecule has 0 aromatic carbocycles. The van der Waals surface area contributed by atoms with Crippen LogP contribution in [0.4, 0.5) is 0 Å². The van der Waals surface area contributed by atoms with Crippen molar-refractivity contribution in [3.63, 3.8) is 0 Å². The van der Waals surface area contributed by atoms with Gasteiger partial charge in [0, 0.05) is 56.3 Å². The van der Waals surface area contributed by atoms with Gasteiger partial charge in [-0.1, -0.05) is 0 Å². The zero-order chi connectivity index (χ0) is 20.1. The molecule has 1 aliphatic heterocycles. The first-order valence-electron chi connectivity index (χ1n) is 10.4. The molecule has 0 saturated heterocycles. The molecule has 2 aliphatic rings. The van der Waals surface area contributed by atoms with E-state index in [9.17, 15) is 4.79 Å². The average Bonchev–Trinajstić information content (AvgIpc) is 3.16. The van der Waals surface area contributed by atoms with E-state index in [0.717, 1.165) is 42.5 Å². The third kappa shape index (κ3) is 3.07. The Morgan fingerprint density at radius 1 is 1.28 bits per heavy atom. The van der Waals surface area contributed by atoms with E-state index in [-0.39, 0.29) is 5.91 Å². The lowest BCUT2D eigenvalue weighted by molar-refractivity contribution is 0.0723. The van der Waals surface area contributed by atoms with Gasteiger partial charge in [0.25, 0.3) is 5.91 Å². The van der Waals surface area contributed by atoms with Crippen LogP contribution in [0.2, 0.25) is 0 Å². The number of nitrogens with zero attached hydrogens (tertiary/aromatic N) is 7. The molecule has 1 saturated carbocycles. The number of imidazole rings is 2. The van der Waals surface area contributed by atoms with Gasteiger partial charge >= 0.3 is 0 Å². The number of fused-ring (bicyclic) bond motifs is 1. The molecule has 0 bridgehead atoms. The molecule has 0 radical (unpaired) electrons. The van der Waals surface area contributed by atoms with Crippen molar-refractivity contribution in [2.45, 2.75) is 52.7 Å². The Balaban J connectivity index is 1.53. The Morgan fingerprint density at radius 3 is 2.79 bits per heavy atom. The minimum Gasteiger partial charge on any atom is -0.332 e. The molecule has 3 aromatic heterocycles. The molecular formula is C21H27N7O. The molecule has 152 valence electrons. The maximum absolute atomic E-state index is 13.1. The number of hydrogen-bond donors (Lipinski definition) is 0. The third-order valence-corrected chi connectivity index (χ3v) is 6.16. The Hall–Kier alpha value is -2.90. The molecule has 5 rings (SSSR count). The Labute approximate surface area is 170 Å². The molecule has 8 heteroatoms. The van der Waals surface area contributed by atoms with Crippen LogP contribution in [0.25, 0.3) is 11.5 Å². The summed E-state index contributed by atoms with van der Waals surface area (Å²) in [5.74, 6) is 1.71. The molecule has 1 aliphatic carbocycles. The van der Waals surface area contributed by atoms with Crippen LogP contribution in [0, 0.1) is 12.8 Å². The van der Waals surface area contributed by atoms with Gasteiger partial charge in [-0.3, -0.25) is 9.48 Å². The lowest BCUT2D eigenvalue weighted by atomic mass is 10.0. The molecule has 1 fully saturated rings. The number of carbonyl (C=O) groups excluding carboxylic acids is 1. The van der Waals surface area contributed by atoms with E-state index >= 15 is 0 Å². The largest absolute Gasteiger partial charge is 0.332 e. The molecule has 0 atom stereocenters. The Morgan fingerprint density at radius 2 is 2.10 bits per heavy atom. The minimum absolute atomic E-state index is 0.0170. The molecule has 1 amide bonds. The Kier molecular flexibility index (Phi) is 4.29. The van der Waals surface area contributed by atoms with Gasteiger partial charge in [0.2, 0.25) is 0 Å². The summed E-state index contributed by atoms with van der Waals surface area (Å²) in [5.41, 5.74) is 5.08. The molecule has 3 aromatic rings. The lowest BCUT2D eigenvalue weighted by Gasteiger charge is -2.28. The fraction of sp³-hybridized carbons (Fsp3) is 0.524. The number of aromatic nitrogens is 6. The van der Waals surface area contributed by atoms with Crippen LogP contribution in [-0.2, 0) is 33.1 Å². The van der Waals surface area contributed by atoms with E-state index in [2.05, 4.69) is 28.1 Å². The van der Waals surface area contributed by atoms with Crippen molar-refractivity contribution in [3.05, 3.63) is 41.4 Å². The van der Waals surface area contributed by atoms with Gasteiger partial charge in [-0.15, -0.1) is 0 Å². The highest BCUT2D eigenvalue weighted by Crippen LogP contribution is 2.35. The summed E-state index contributed by atoms with van der Waals surface area (Å²) in [5, 5.41) is 4.93. The third-order valence-electron chi connectivity index (χ3n) is 6.16. The first-order valence-corrected chi connectivity index (χ1v) is 10.4. The smallest absolute Gasteiger partial charge is 0.272 e. The highest BCUT2D eigenvalue weighted by Gasteiger charge is 2.31. The van der Waals surface area contributed by atoms with Crippen molar-refractivity contribution in [3.8, 4) is 11.5 Å². The van der Waals surface area contributed by atoms with Crippen LogP contribution < -0.4 is 0 Å². The van der Waals surface area contributed by atoms with E-state index in [1.807, 2.05) is 18.1 Å². The second-order valence-corrected chi connectivity index (χ2v) is 8.23. The van der Waals surface area contributed by atoms with E-state index in [4.69, 9.17) is 10.1 Å². The van der Waals surface area contributed by atoms with Crippen LogP contribution in [0.3, 0.4) is 0 Å². The summed E-state index contributed by atoms with van der Waals surface area (Å²) in [7, 11) is 1.85. The standard InChI is InChI=1S/C21H27N7O/c1-4-28-17-7-8-26(21(29)18-10-22-13-25(18)3)12-16(17)19(24-28)20-23-9-14(2)27(20)11-15-5-6-15/h9-10,13,15H,4-8,11-12H2,1-3H3. The van der Waals surface area contributed by atoms with E-state index in [1.165, 1.54) is 24.2 Å². The number of rotatable bonds is 5. The molecule has 0 unspecified atom stereocenters. The van der Waals surface area contributed by atoms with Crippen molar-refractivity contribution in [1.82, 2.24) is 33.8 Å². The zero-order valence-electron chi connectivity index (χ0n) is 17.3. The highest BCUT2D eigenvalue weighted by molar-refractivity contribution is 5.92. The number of amides is 1. The van der Waals surface area contributed by atoms with E-state index in [1.54, 1.807) is 17.1 Å². The van der Waals surface area contributed by atoms with Gasteiger partial charge in [-0.2, -0.15) is 5.10 Å². The molecule has 4 heterocycles. The number of aryl methyl sites for hydroxylation is 3. The second-order valence-electron chi connectivity index (χ2n) is 8.23. The van der Waals surface area contributed by atoms with Crippen molar-refractivity contribution in [2.24, 2.45) is 13.0 Å². The van der Waals surface area contributed by atoms with Gasteiger partial charge in [0.1, 0.15) is 11.4 Å². The fourth-order valence-corrected chi connectivity index (χ4v) is 4.27. The van der Waals surface area contributed by atoms with Crippen LogP contribution >= 0.6 is 0 Å². The second kappa shape index (κ2) is 6.86. The van der Waals surface area contributed by atoms with Gasteiger partial charge in [-0.05, 0) is 32.6 Å². The maximum Gasteiger partial charge on any atom is 0.272 e. The summed E-state index contributed by atoms with van der Waals surface area (Å²) in [4.78, 5) is 23.8. The normalized spacial score (nSPS) is 16.3. The Bertz CT molecular complexity index is 1070. The first-order chi connectivity index (χ1) is 14.1. The molecule has 8 nitrogen and oxygen atoms in total. The van der Waals surface area contributed by atoms with Crippen molar-refractivity contribution in [1.29, 1.82) is 0 Å². The van der Waals surface area contributed by atoms with Gasteiger partial charge in [0.15, 0.2) is 5.82 Å². The summed E-state index contributed by atoms with van der Waals surface area (Å²) >= 11 is 0. The SMILES string of the molecule is CCn1nc(-c2ncc(C)n2CC2CC2)c2c1CCN(C(=O)c1cncn1C)C2. The van der Waals surface area contributed by atoms with Crippen LogP contribution in [0.1, 0.15) is 47.2 Å². The maximum atomic E-state index is 13.1. The van der Waals surface area contributed by atoms with Crippen LogP contribution in [-0.4, -0.2) is 46.2 Å². The quantitative estimate of drug-likeness (QED) is 0.667. The minimum atomic E-state index is 0.0170. The summed E-state index contributed by atoms with van der Waals surface area (Å²) in [6.45, 7) is 7.31. The molecule has 0 N–H and O–H groups in total.